The Morgan fingerprint density at radius 2 is 0.830 bits per heavy atom. The fourth-order valence-corrected chi connectivity index (χ4v) is 7.34. The number of fused-ring (bicyclic) bond motifs is 12. The monoisotopic (exact) mass is 598 g/mol. The maximum Gasteiger partial charge on any atom is 0.238 e. The minimum atomic E-state index is 0.596. The van der Waals surface area contributed by atoms with E-state index >= 15 is 0 Å². The average Bonchev–Trinajstić information content (AvgIpc) is 3.51. The third-order valence-electron chi connectivity index (χ3n) is 9.39. The summed E-state index contributed by atoms with van der Waals surface area (Å²) < 4.78 is 2.30. The van der Waals surface area contributed by atoms with Gasteiger partial charge < -0.3 is 0 Å². The summed E-state index contributed by atoms with van der Waals surface area (Å²) >= 11 is 0. The molecule has 0 aliphatic carbocycles. The molecule has 218 valence electrons. The summed E-state index contributed by atoms with van der Waals surface area (Å²) in [6.07, 6.45) is 0. The highest BCUT2D eigenvalue weighted by Crippen LogP contribution is 2.46. The molecule has 0 saturated carbocycles. The van der Waals surface area contributed by atoms with Crippen LogP contribution in [0.2, 0.25) is 0 Å². The van der Waals surface area contributed by atoms with Crippen molar-refractivity contribution in [3.8, 4) is 28.7 Å². The van der Waals surface area contributed by atoms with E-state index in [9.17, 15) is 0 Å². The lowest BCUT2D eigenvalue weighted by Crippen LogP contribution is -2.07. The molecule has 10 rings (SSSR count). The lowest BCUT2D eigenvalue weighted by Gasteiger charge is -2.14. The van der Waals surface area contributed by atoms with Crippen LogP contribution in [0.15, 0.2) is 158 Å². The van der Waals surface area contributed by atoms with Gasteiger partial charge in [0.1, 0.15) is 0 Å². The van der Waals surface area contributed by atoms with Crippen molar-refractivity contribution in [2.75, 3.05) is 0 Å². The number of nitrogens with zero attached hydrogens (tertiary/aromatic N) is 4. The normalized spacial score (nSPS) is 11.8. The van der Waals surface area contributed by atoms with Gasteiger partial charge >= 0.3 is 0 Å². The van der Waals surface area contributed by atoms with E-state index in [1.165, 1.54) is 43.1 Å². The standard InChI is InChI=1S/C43H26N4/c1-3-15-29(16-4-1)41-44-42(30-17-5-2-6-18-30)46-43(45-41)47-39-32-20-10-8-14-28(32)24-26-36(39)38-37-31-19-9-7-13-27(31)23-25-34(37)33-21-11-12-22-35(33)40(38)47/h1-26H. The highest BCUT2D eigenvalue weighted by molar-refractivity contribution is 6.38. The number of rotatable bonds is 3. The van der Waals surface area contributed by atoms with E-state index in [4.69, 9.17) is 15.0 Å². The zero-order valence-corrected chi connectivity index (χ0v) is 25.3. The average molecular weight is 599 g/mol. The molecule has 0 bridgehead atoms. The topological polar surface area (TPSA) is 43.6 Å². The van der Waals surface area contributed by atoms with Gasteiger partial charge in [-0.2, -0.15) is 9.97 Å². The second kappa shape index (κ2) is 10.1. The van der Waals surface area contributed by atoms with Crippen molar-refractivity contribution in [1.82, 2.24) is 19.5 Å². The van der Waals surface area contributed by atoms with Gasteiger partial charge in [0.05, 0.1) is 11.0 Å². The van der Waals surface area contributed by atoms with Crippen LogP contribution < -0.4 is 0 Å². The van der Waals surface area contributed by atoms with Gasteiger partial charge in [-0.15, -0.1) is 0 Å². The Kier molecular flexibility index (Phi) is 5.54. The van der Waals surface area contributed by atoms with Crippen LogP contribution >= 0.6 is 0 Å². The molecule has 0 radical (unpaired) electrons. The van der Waals surface area contributed by atoms with E-state index in [-0.39, 0.29) is 0 Å². The Morgan fingerprint density at radius 3 is 1.49 bits per heavy atom. The molecule has 0 saturated heterocycles. The van der Waals surface area contributed by atoms with Crippen molar-refractivity contribution < 1.29 is 0 Å². The Labute approximate surface area is 270 Å². The van der Waals surface area contributed by atoms with Gasteiger partial charge in [-0.3, -0.25) is 4.57 Å². The van der Waals surface area contributed by atoms with Crippen molar-refractivity contribution in [3.05, 3.63) is 158 Å². The molecule has 4 nitrogen and oxygen atoms in total. The van der Waals surface area contributed by atoms with Crippen molar-refractivity contribution >= 4 is 64.9 Å². The smallest absolute Gasteiger partial charge is 0.238 e. The summed E-state index contributed by atoms with van der Waals surface area (Å²) in [7, 11) is 0. The van der Waals surface area contributed by atoms with Crippen LogP contribution in [0.5, 0.6) is 0 Å². The molecule has 4 heteroatoms. The molecule has 2 heterocycles. The van der Waals surface area contributed by atoms with Gasteiger partial charge in [-0.05, 0) is 26.9 Å². The van der Waals surface area contributed by atoms with Crippen LogP contribution in [0.25, 0.3) is 93.6 Å². The SMILES string of the molecule is c1ccc(-c2nc(-c3ccccc3)nc(-n3c4c5ccccc5ccc4c4c5c6ccccc6ccc5c5ccccc5c43)n2)cc1. The molecule has 8 aromatic carbocycles. The highest BCUT2D eigenvalue weighted by atomic mass is 15.2. The molecule has 10 aromatic rings. The van der Waals surface area contributed by atoms with Gasteiger partial charge in [0, 0.05) is 38.1 Å². The van der Waals surface area contributed by atoms with Crippen molar-refractivity contribution in [2.45, 2.75) is 0 Å². The van der Waals surface area contributed by atoms with Gasteiger partial charge in [0.2, 0.25) is 5.95 Å². The second-order valence-electron chi connectivity index (χ2n) is 12.0. The van der Waals surface area contributed by atoms with Crippen LogP contribution in [-0.4, -0.2) is 19.5 Å². The Balaban J connectivity index is 1.48. The molecule has 0 atom stereocenters. The Morgan fingerprint density at radius 1 is 0.319 bits per heavy atom. The summed E-state index contributed by atoms with van der Waals surface area (Å²) in [4.78, 5) is 15.6. The van der Waals surface area contributed by atoms with Crippen LogP contribution in [0.4, 0.5) is 0 Å². The fraction of sp³-hybridized carbons (Fsp3) is 0. The number of hydrogen-bond acceptors (Lipinski definition) is 3. The first-order valence-corrected chi connectivity index (χ1v) is 15.9. The van der Waals surface area contributed by atoms with Gasteiger partial charge in [0.15, 0.2) is 11.6 Å². The van der Waals surface area contributed by atoms with Crippen molar-refractivity contribution in [1.29, 1.82) is 0 Å². The third kappa shape index (κ3) is 3.85. The molecule has 0 fully saturated rings. The van der Waals surface area contributed by atoms with Crippen LogP contribution in [0.3, 0.4) is 0 Å². The molecular formula is C43H26N4. The summed E-state index contributed by atoms with van der Waals surface area (Å²) in [5, 5.41) is 12.0. The lowest BCUT2D eigenvalue weighted by molar-refractivity contribution is 0.957. The number of benzene rings is 8. The summed E-state index contributed by atoms with van der Waals surface area (Å²) in [5.74, 6) is 1.87. The van der Waals surface area contributed by atoms with Crippen LogP contribution in [0.1, 0.15) is 0 Å². The van der Waals surface area contributed by atoms with Crippen LogP contribution in [-0.2, 0) is 0 Å². The third-order valence-corrected chi connectivity index (χ3v) is 9.39. The maximum absolute atomic E-state index is 5.27. The fourth-order valence-electron chi connectivity index (χ4n) is 7.34. The van der Waals surface area contributed by atoms with E-state index in [1.54, 1.807) is 0 Å². The zero-order chi connectivity index (χ0) is 30.9. The molecule has 0 spiro atoms. The van der Waals surface area contributed by atoms with E-state index in [0.29, 0.717) is 17.6 Å². The van der Waals surface area contributed by atoms with E-state index in [2.05, 4.69) is 126 Å². The zero-order valence-electron chi connectivity index (χ0n) is 25.3. The number of hydrogen-bond donors (Lipinski definition) is 0. The largest absolute Gasteiger partial charge is 0.277 e. The molecule has 2 aromatic heterocycles. The molecule has 0 aliphatic rings. The minimum Gasteiger partial charge on any atom is -0.277 e. The summed E-state index contributed by atoms with van der Waals surface area (Å²) in [5.41, 5.74) is 4.08. The summed E-state index contributed by atoms with van der Waals surface area (Å²) in [6, 6.07) is 55.5. The molecule has 0 aliphatic heterocycles. The quantitative estimate of drug-likeness (QED) is 0.190. The predicted octanol–water partition coefficient (Wildman–Crippen LogP) is 10.9. The van der Waals surface area contributed by atoms with E-state index in [0.717, 1.165) is 32.9 Å². The van der Waals surface area contributed by atoms with Crippen molar-refractivity contribution in [2.24, 2.45) is 0 Å². The van der Waals surface area contributed by atoms with Gasteiger partial charge in [-0.25, -0.2) is 4.98 Å². The Hall–Kier alpha value is -6.39. The van der Waals surface area contributed by atoms with E-state index in [1.807, 2.05) is 36.4 Å². The molecule has 0 unspecified atom stereocenters. The van der Waals surface area contributed by atoms with Gasteiger partial charge in [0.25, 0.3) is 0 Å². The first-order valence-electron chi connectivity index (χ1n) is 15.9. The summed E-state index contributed by atoms with van der Waals surface area (Å²) in [6.45, 7) is 0. The Bertz CT molecular complexity index is 2780. The second-order valence-corrected chi connectivity index (χ2v) is 12.0. The minimum absolute atomic E-state index is 0.596. The number of aromatic nitrogens is 4. The van der Waals surface area contributed by atoms with Crippen molar-refractivity contribution in [3.63, 3.8) is 0 Å². The van der Waals surface area contributed by atoms with E-state index < -0.39 is 0 Å². The van der Waals surface area contributed by atoms with Gasteiger partial charge in [-0.1, -0.05) is 158 Å². The highest BCUT2D eigenvalue weighted by Gasteiger charge is 2.24. The maximum atomic E-state index is 5.27. The first kappa shape index (κ1) is 25.9. The molecule has 0 N–H and O–H groups in total. The molecule has 0 amide bonds. The first-order chi connectivity index (χ1) is 23.3. The van der Waals surface area contributed by atoms with Crippen LogP contribution in [0, 0.1) is 0 Å². The molecule has 47 heavy (non-hydrogen) atoms. The predicted molar refractivity (Wildman–Crippen MR) is 195 cm³/mol. The lowest BCUT2D eigenvalue weighted by atomic mass is 9.92. The molecular weight excluding hydrogens is 573 g/mol.